The Hall–Kier alpha value is -0.970. The van der Waals surface area contributed by atoms with Crippen molar-refractivity contribution >= 4 is 0 Å². The number of rotatable bonds is 7. The van der Waals surface area contributed by atoms with Crippen molar-refractivity contribution in [3.05, 3.63) is 5.82 Å². The molecule has 0 amide bonds. The fourth-order valence-electron chi connectivity index (χ4n) is 2.22. The van der Waals surface area contributed by atoms with Crippen molar-refractivity contribution in [2.75, 3.05) is 6.54 Å². The molecule has 0 aromatic carbocycles. The van der Waals surface area contributed by atoms with Crippen LogP contribution in [0, 0.1) is 5.92 Å². The zero-order valence-corrected chi connectivity index (χ0v) is 10.9. The third-order valence-electron chi connectivity index (χ3n) is 3.62. The highest BCUT2D eigenvalue weighted by Crippen LogP contribution is 2.29. The van der Waals surface area contributed by atoms with Crippen molar-refractivity contribution in [3.8, 4) is 0 Å². The molecule has 0 saturated heterocycles. The molecule has 1 aliphatic carbocycles. The number of aromatic nitrogens is 4. The molecule has 2 rings (SSSR count). The van der Waals surface area contributed by atoms with Crippen LogP contribution in [0.2, 0.25) is 0 Å². The average Bonchev–Trinajstić information content (AvgIpc) is 2.72. The highest BCUT2D eigenvalue weighted by atomic mass is 15.5. The Morgan fingerprint density at radius 3 is 2.94 bits per heavy atom. The molecule has 1 fully saturated rings. The molecule has 0 bridgehead atoms. The molecule has 1 aromatic heterocycles. The molecule has 1 aromatic rings. The van der Waals surface area contributed by atoms with E-state index in [4.69, 9.17) is 0 Å². The van der Waals surface area contributed by atoms with Gasteiger partial charge in [0.1, 0.15) is 0 Å². The molecule has 1 atom stereocenters. The van der Waals surface area contributed by atoms with E-state index in [2.05, 4.69) is 34.7 Å². The molecule has 1 unspecified atom stereocenters. The van der Waals surface area contributed by atoms with Crippen molar-refractivity contribution in [1.29, 1.82) is 0 Å². The molecule has 0 radical (unpaired) electrons. The van der Waals surface area contributed by atoms with Gasteiger partial charge in [-0.25, -0.2) is 4.68 Å². The van der Waals surface area contributed by atoms with Gasteiger partial charge in [0.05, 0.1) is 6.04 Å². The van der Waals surface area contributed by atoms with E-state index >= 15 is 0 Å². The fraction of sp³-hybridized carbons (Fsp3) is 0.917. The quantitative estimate of drug-likeness (QED) is 0.787. The number of aryl methyl sites for hydroxylation is 1. The van der Waals surface area contributed by atoms with Crippen LogP contribution in [0.4, 0.5) is 0 Å². The minimum atomic E-state index is 0.242. The maximum Gasteiger partial charge on any atom is 0.167 e. The summed E-state index contributed by atoms with van der Waals surface area (Å²) in [4.78, 5) is 0. The van der Waals surface area contributed by atoms with E-state index in [1.54, 1.807) is 0 Å². The summed E-state index contributed by atoms with van der Waals surface area (Å²) in [5.41, 5.74) is 0. The van der Waals surface area contributed by atoms with Gasteiger partial charge in [-0.2, -0.15) is 0 Å². The van der Waals surface area contributed by atoms with Crippen LogP contribution >= 0.6 is 0 Å². The Morgan fingerprint density at radius 1 is 1.47 bits per heavy atom. The lowest BCUT2D eigenvalue weighted by Crippen LogP contribution is -2.24. The third-order valence-corrected chi connectivity index (χ3v) is 3.62. The van der Waals surface area contributed by atoms with Crippen molar-refractivity contribution < 1.29 is 0 Å². The van der Waals surface area contributed by atoms with E-state index in [0.717, 1.165) is 31.3 Å². The predicted octanol–water partition coefficient (Wildman–Crippen LogP) is 1.92. The van der Waals surface area contributed by atoms with Crippen molar-refractivity contribution in [1.82, 2.24) is 25.5 Å². The van der Waals surface area contributed by atoms with Gasteiger partial charge in [-0.3, -0.25) is 0 Å². The van der Waals surface area contributed by atoms with Crippen molar-refractivity contribution in [3.63, 3.8) is 0 Å². The van der Waals surface area contributed by atoms with Crippen LogP contribution in [-0.2, 0) is 6.54 Å². The summed E-state index contributed by atoms with van der Waals surface area (Å²) in [5, 5.41) is 15.4. The summed E-state index contributed by atoms with van der Waals surface area (Å²) >= 11 is 0. The van der Waals surface area contributed by atoms with E-state index in [-0.39, 0.29) is 6.04 Å². The van der Waals surface area contributed by atoms with E-state index in [0.29, 0.717) is 0 Å². The summed E-state index contributed by atoms with van der Waals surface area (Å²) in [6, 6.07) is 0.242. The topological polar surface area (TPSA) is 55.6 Å². The Labute approximate surface area is 103 Å². The highest BCUT2D eigenvalue weighted by Gasteiger charge is 2.19. The second kappa shape index (κ2) is 6.10. The molecular formula is C12H23N5. The predicted molar refractivity (Wildman–Crippen MR) is 66.5 cm³/mol. The van der Waals surface area contributed by atoms with Gasteiger partial charge in [-0.15, -0.1) is 5.10 Å². The number of nitrogens with one attached hydrogen (secondary N) is 1. The molecule has 5 heteroatoms. The normalized spacial score (nSPS) is 18.0. The first-order valence-corrected chi connectivity index (χ1v) is 6.80. The molecule has 5 nitrogen and oxygen atoms in total. The van der Waals surface area contributed by atoms with E-state index in [1.165, 1.54) is 25.7 Å². The van der Waals surface area contributed by atoms with E-state index in [1.807, 2.05) is 4.68 Å². The lowest BCUT2D eigenvalue weighted by molar-refractivity contribution is 0.274. The standard InChI is InChI=1S/C12H23N5/c1-3-8-13-10(2)12-14-15-16-17(12)9-7-11-5-4-6-11/h10-11,13H,3-9H2,1-2H3. The maximum absolute atomic E-state index is 4.13. The van der Waals surface area contributed by atoms with Crippen molar-refractivity contribution in [2.45, 2.75) is 58.5 Å². The van der Waals surface area contributed by atoms with Gasteiger partial charge in [0.25, 0.3) is 0 Å². The first kappa shape index (κ1) is 12.5. The van der Waals surface area contributed by atoms with Crippen LogP contribution in [0.5, 0.6) is 0 Å². The van der Waals surface area contributed by atoms with Gasteiger partial charge in [0, 0.05) is 6.54 Å². The molecular weight excluding hydrogens is 214 g/mol. The molecule has 0 aliphatic heterocycles. The monoisotopic (exact) mass is 237 g/mol. The van der Waals surface area contributed by atoms with Gasteiger partial charge in [0.15, 0.2) is 5.82 Å². The number of nitrogens with zero attached hydrogens (tertiary/aromatic N) is 4. The second-order valence-electron chi connectivity index (χ2n) is 5.02. The summed E-state index contributed by atoms with van der Waals surface area (Å²) in [5.74, 6) is 1.88. The molecule has 17 heavy (non-hydrogen) atoms. The molecule has 1 heterocycles. The smallest absolute Gasteiger partial charge is 0.167 e. The largest absolute Gasteiger partial charge is 0.307 e. The summed E-state index contributed by atoms with van der Waals surface area (Å²) in [6.45, 7) is 6.27. The molecule has 1 saturated carbocycles. The van der Waals surface area contributed by atoms with Crippen LogP contribution in [0.3, 0.4) is 0 Å². The van der Waals surface area contributed by atoms with Crippen LogP contribution in [0.15, 0.2) is 0 Å². The van der Waals surface area contributed by atoms with Gasteiger partial charge < -0.3 is 5.32 Å². The SMILES string of the molecule is CCCNC(C)c1nnnn1CCC1CCC1. The second-order valence-corrected chi connectivity index (χ2v) is 5.02. The third kappa shape index (κ3) is 3.25. The molecule has 1 aliphatic rings. The number of hydrogen-bond acceptors (Lipinski definition) is 4. The minimum absolute atomic E-state index is 0.242. The lowest BCUT2D eigenvalue weighted by Gasteiger charge is -2.25. The van der Waals surface area contributed by atoms with Gasteiger partial charge in [0.2, 0.25) is 0 Å². The average molecular weight is 237 g/mol. The molecule has 0 spiro atoms. The summed E-state index contributed by atoms with van der Waals surface area (Å²) < 4.78 is 1.96. The zero-order chi connectivity index (χ0) is 12.1. The van der Waals surface area contributed by atoms with E-state index in [9.17, 15) is 0 Å². The minimum Gasteiger partial charge on any atom is -0.307 e. The number of hydrogen-bond donors (Lipinski definition) is 1. The Balaban J connectivity index is 1.85. The Kier molecular flexibility index (Phi) is 4.48. The Morgan fingerprint density at radius 2 is 2.29 bits per heavy atom. The fourth-order valence-corrected chi connectivity index (χ4v) is 2.22. The molecule has 96 valence electrons. The summed E-state index contributed by atoms with van der Waals surface area (Å²) in [6.07, 6.45) is 6.54. The van der Waals surface area contributed by atoms with Crippen LogP contribution in [0.1, 0.15) is 57.8 Å². The van der Waals surface area contributed by atoms with Gasteiger partial charge in [-0.05, 0) is 42.7 Å². The Bertz CT molecular complexity index is 331. The van der Waals surface area contributed by atoms with Crippen LogP contribution < -0.4 is 5.32 Å². The van der Waals surface area contributed by atoms with Gasteiger partial charge in [-0.1, -0.05) is 26.2 Å². The molecule has 1 N–H and O–H groups in total. The lowest BCUT2D eigenvalue weighted by atomic mass is 9.83. The van der Waals surface area contributed by atoms with Gasteiger partial charge >= 0.3 is 0 Å². The first-order valence-electron chi connectivity index (χ1n) is 6.80. The first-order chi connectivity index (χ1) is 8.31. The number of tetrazole rings is 1. The summed E-state index contributed by atoms with van der Waals surface area (Å²) in [7, 11) is 0. The zero-order valence-electron chi connectivity index (χ0n) is 10.9. The highest BCUT2D eigenvalue weighted by molar-refractivity contribution is 4.89. The van der Waals surface area contributed by atoms with Crippen LogP contribution in [0.25, 0.3) is 0 Å². The van der Waals surface area contributed by atoms with Crippen molar-refractivity contribution in [2.24, 2.45) is 5.92 Å². The van der Waals surface area contributed by atoms with E-state index < -0.39 is 0 Å². The van der Waals surface area contributed by atoms with Crippen LogP contribution in [-0.4, -0.2) is 26.8 Å². The maximum atomic E-state index is 4.13.